The largest absolute Gasteiger partial charge is 0.325 e. The van der Waals surface area contributed by atoms with Crippen LogP contribution < -0.4 is 5.32 Å². The second-order valence-corrected chi connectivity index (χ2v) is 5.65. The molecule has 1 heterocycles. The van der Waals surface area contributed by atoms with E-state index in [1.807, 2.05) is 13.8 Å². The predicted molar refractivity (Wildman–Crippen MR) is 88.7 cm³/mol. The molecule has 1 aliphatic rings. The van der Waals surface area contributed by atoms with Crippen LogP contribution in [0.1, 0.15) is 26.7 Å². The third-order valence-corrected chi connectivity index (χ3v) is 4.23. The maximum Gasteiger partial charge on any atom is 0.325 e. The molecule has 0 unspecified atom stereocenters. The third-order valence-electron chi connectivity index (χ3n) is 3.89. The fraction of sp³-hybridized carbons (Fsp3) is 0.846. The van der Waals surface area contributed by atoms with Crippen LogP contribution in [0.2, 0.25) is 0 Å². The zero-order valence-electron chi connectivity index (χ0n) is 12.5. The van der Waals surface area contributed by atoms with E-state index in [9.17, 15) is 9.59 Å². The van der Waals surface area contributed by atoms with Crippen molar-refractivity contribution in [3.63, 3.8) is 0 Å². The lowest BCUT2D eigenvalue weighted by Crippen LogP contribution is -2.46. The summed E-state index contributed by atoms with van der Waals surface area (Å²) >= 11 is 11.5. The molecule has 1 rings (SSSR count). The zero-order chi connectivity index (χ0) is 15.2. The summed E-state index contributed by atoms with van der Waals surface area (Å²) in [6.45, 7) is 6.20. The summed E-state index contributed by atoms with van der Waals surface area (Å²) < 4.78 is 0. The fourth-order valence-electron chi connectivity index (χ4n) is 2.42. The Balaban J connectivity index is 0.00000400. The summed E-state index contributed by atoms with van der Waals surface area (Å²) in [5.74, 6) is 0.889. The van der Waals surface area contributed by atoms with Gasteiger partial charge in [-0.05, 0) is 12.8 Å². The highest BCUT2D eigenvalue weighted by molar-refractivity contribution is 6.18. The molecule has 0 aromatic carbocycles. The molecule has 1 saturated heterocycles. The summed E-state index contributed by atoms with van der Waals surface area (Å²) in [6, 6.07) is -0.296. The number of carbonyl (C=O) groups excluding carboxylic acids is 2. The van der Waals surface area contributed by atoms with E-state index < -0.39 is 5.54 Å². The first-order valence-corrected chi connectivity index (χ1v) is 8.10. The monoisotopic (exact) mass is 359 g/mol. The van der Waals surface area contributed by atoms with Gasteiger partial charge in [-0.3, -0.25) is 14.6 Å². The summed E-state index contributed by atoms with van der Waals surface area (Å²) in [7, 11) is 0. The summed E-state index contributed by atoms with van der Waals surface area (Å²) in [5, 5.41) is 2.82. The van der Waals surface area contributed by atoms with E-state index >= 15 is 0 Å². The highest BCUT2D eigenvalue weighted by Crippen LogP contribution is 2.24. The summed E-state index contributed by atoms with van der Waals surface area (Å²) in [5.41, 5.74) is -0.721. The van der Waals surface area contributed by atoms with Crippen molar-refractivity contribution < 1.29 is 9.59 Å². The first kappa shape index (κ1) is 20.8. The third kappa shape index (κ3) is 4.88. The molecule has 124 valence electrons. The number of nitrogens with one attached hydrogen (secondary N) is 1. The fourth-order valence-corrected chi connectivity index (χ4v) is 2.90. The molecule has 1 N–H and O–H groups in total. The molecule has 1 aliphatic heterocycles. The second-order valence-electron chi connectivity index (χ2n) is 4.90. The molecule has 0 aromatic heterocycles. The molecular weight excluding hydrogens is 337 g/mol. The van der Waals surface area contributed by atoms with Crippen molar-refractivity contribution >= 4 is 47.5 Å². The van der Waals surface area contributed by atoms with Gasteiger partial charge in [0.25, 0.3) is 5.91 Å². The van der Waals surface area contributed by atoms with Gasteiger partial charge in [0.05, 0.1) is 0 Å². The molecule has 8 heteroatoms. The molecule has 0 aliphatic carbocycles. The van der Waals surface area contributed by atoms with Crippen LogP contribution in [-0.4, -0.2) is 65.2 Å². The van der Waals surface area contributed by atoms with Crippen LogP contribution in [-0.2, 0) is 4.79 Å². The van der Waals surface area contributed by atoms with Gasteiger partial charge in [0.15, 0.2) is 0 Å². The number of rotatable bonds is 9. The van der Waals surface area contributed by atoms with E-state index in [4.69, 9.17) is 23.2 Å². The first-order chi connectivity index (χ1) is 9.54. The van der Waals surface area contributed by atoms with E-state index in [1.165, 1.54) is 4.90 Å². The van der Waals surface area contributed by atoms with Crippen molar-refractivity contribution in [1.29, 1.82) is 0 Å². The van der Waals surface area contributed by atoms with Gasteiger partial charge in [-0.15, -0.1) is 35.6 Å². The number of nitrogens with zero attached hydrogens (tertiary/aromatic N) is 2. The van der Waals surface area contributed by atoms with Crippen molar-refractivity contribution in [3.8, 4) is 0 Å². The number of alkyl halides is 2. The topological polar surface area (TPSA) is 52.7 Å². The number of carbonyl (C=O) groups is 2. The minimum atomic E-state index is -0.721. The minimum Gasteiger partial charge on any atom is -0.323 e. The van der Waals surface area contributed by atoms with Crippen molar-refractivity contribution in [1.82, 2.24) is 15.1 Å². The van der Waals surface area contributed by atoms with Gasteiger partial charge in [-0.1, -0.05) is 13.8 Å². The Labute approximate surface area is 142 Å². The molecular formula is C13H24Cl3N3O2. The zero-order valence-corrected chi connectivity index (χ0v) is 14.9. The van der Waals surface area contributed by atoms with Gasteiger partial charge in [-0.2, -0.15) is 0 Å². The Morgan fingerprint density at radius 3 is 2.00 bits per heavy atom. The second kappa shape index (κ2) is 9.72. The van der Waals surface area contributed by atoms with E-state index in [0.29, 0.717) is 50.8 Å². The van der Waals surface area contributed by atoms with E-state index in [2.05, 4.69) is 10.2 Å². The van der Waals surface area contributed by atoms with E-state index in [-0.39, 0.29) is 24.3 Å². The number of amides is 3. The normalized spacial score (nSPS) is 17.1. The van der Waals surface area contributed by atoms with Crippen LogP contribution in [0.25, 0.3) is 0 Å². The van der Waals surface area contributed by atoms with Crippen molar-refractivity contribution in [2.24, 2.45) is 0 Å². The van der Waals surface area contributed by atoms with Crippen LogP contribution in [0.15, 0.2) is 0 Å². The number of urea groups is 1. The molecule has 0 atom stereocenters. The van der Waals surface area contributed by atoms with Gasteiger partial charge in [0.1, 0.15) is 5.54 Å². The van der Waals surface area contributed by atoms with Crippen LogP contribution in [0.3, 0.4) is 0 Å². The van der Waals surface area contributed by atoms with Gasteiger partial charge >= 0.3 is 6.03 Å². The smallest absolute Gasteiger partial charge is 0.323 e. The molecule has 1 fully saturated rings. The maximum atomic E-state index is 12.4. The van der Waals surface area contributed by atoms with Crippen molar-refractivity contribution in [2.75, 3.05) is 37.9 Å². The van der Waals surface area contributed by atoms with Crippen molar-refractivity contribution in [3.05, 3.63) is 0 Å². The average Bonchev–Trinajstić information content (AvgIpc) is 2.68. The Hall–Kier alpha value is -0.230. The van der Waals surface area contributed by atoms with Crippen LogP contribution in [0.5, 0.6) is 0 Å². The number of hydrogen-bond donors (Lipinski definition) is 1. The van der Waals surface area contributed by atoms with Gasteiger partial charge < -0.3 is 5.32 Å². The Kier molecular flexibility index (Phi) is 9.61. The molecule has 0 saturated carbocycles. The maximum absolute atomic E-state index is 12.4. The molecule has 0 spiro atoms. The molecule has 3 amide bonds. The molecule has 21 heavy (non-hydrogen) atoms. The standard InChI is InChI=1S/C13H23Cl2N3O2.ClH/c1-3-13(4-2)11(19)18(12(20)16-13)10-9-17(7-5-14)8-6-15;/h3-10H2,1-2H3,(H,16,20);1H. The predicted octanol–water partition coefficient (Wildman–Crippen LogP) is 2.30. The lowest BCUT2D eigenvalue weighted by atomic mass is 9.93. The van der Waals surface area contributed by atoms with Crippen LogP contribution >= 0.6 is 35.6 Å². The Morgan fingerprint density at radius 2 is 1.62 bits per heavy atom. The quantitative estimate of drug-likeness (QED) is 0.507. The van der Waals surface area contributed by atoms with Crippen LogP contribution in [0, 0.1) is 0 Å². The minimum absolute atomic E-state index is 0. The molecule has 0 bridgehead atoms. The summed E-state index contributed by atoms with van der Waals surface area (Å²) in [4.78, 5) is 27.7. The molecule has 0 radical (unpaired) electrons. The van der Waals surface area contributed by atoms with E-state index in [1.54, 1.807) is 0 Å². The lowest BCUT2D eigenvalue weighted by Gasteiger charge is -2.25. The Morgan fingerprint density at radius 1 is 1.10 bits per heavy atom. The Bertz CT molecular complexity index is 346. The molecule has 5 nitrogen and oxygen atoms in total. The average molecular weight is 361 g/mol. The number of imide groups is 1. The van der Waals surface area contributed by atoms with Gasteiger partial charge in [0, 0.05) is 37.9 Å². The van der Waals surface area contributed by atoms with E-state index in [0.717, 1.165) is 0 Å². The molecule has 0 aromatic rings. The highest BCUT2D eigenvalue weighted by Gasteiger charge is 2.48. The number of hydrogen-bond acceptors (Lipinski definition) is 3. The van der Waals surface area contributed by atoms with Gasteiger partial charge in [0.2, 0.25) is 0 Å². The van der Waals surface area contributed by atoms with Gasteiger partial charge in [-0.25, -0.2) is 4.79 Å². The van der Waals surface area contributed by atoms with Crippen LogP contribution in [0.4, 0.5) is 4.79 Å². The number of halogens is 3. The first-order valence-electron chi connectivity index (χ1n) is 7.03. The highest BCUT2D eigenvalue weighted by atomic mass is 35.5. The SMILES string of the molecule is CCC1(CC)NC(=O)N(CCN(CCCl)CCCl)C1=O.Cl. The lowest BCUT2D eigenvalue weighted by molar-refractivity contribution is -0.131. The summed E-state index contributed by atoms with van der Waals surface area (Å²) in [6.07, 6.45) is 1.22. The van der Waals surface area contributed by atoms with Crippen molar-refractivity contribution in [2.45, 2.75) is 32.2 Å².